The second-order valence-electron chi connectivity index (χ2n) is 3.62. The number of nitrogens with two attached hydrogens (primary N) is 1. The van der Waals surface area contributed by atoms with Gasteiger partial charge < -0.3 is 15.5 Å². The molecule has 78 valence electrons. The molecule has 1 aromatic carbocycles. The van der Waals surface area contributed by atoms with Gasteiger partial charge in [-0.15, -0.1) is 0 Å². The largest absolute Gasteiger partial charge is 0.378 e. The number of rotatable bonds is 4. The summed E-state index contributed by atoms with van der Waals surface area (Å²) in [6, 6.07) is 8.46. The van der Waals surface area contributed by atoms with Crippen molar-refractivity contribution < 1.29 is 0 Å². The van der Waals surface area contributed by atoms with Crippen molar-refractivity contribution in [2.45, 2.75) is 0 Å². The number of hydrogen-bond acceptors (Lipinski definition) is 3. The van der Waals surface area contributed by atoms with Gasteiger partial charge in [0.2, 0.25) is 0 Å². The molecular formula is C11H19N3. The molecule has 14 heavy (non-hydrogen) atoms. The fraction of sp³-hybridized carbons (Fsp3) is 0.455. The Kier molecular flexibility index (Phi) is 3.77. The van der Waals surface area contributed by atoms with Crippen LogP contribution in [0.3, 0.4) is 0 Å². The van der Waals surface area contributed by atoms with E-state index in [1.165, 1.54) is 11.4 Å². The van der Waals surface area contributed by atoms with Crippen molar-refractivity contribution in [1.82, 2.24) is 0 Å². The van der Waals surface area contributed by atoms with Crippen molar-refractivity contribution in [2.75, 3.05) is 44.0 Å². The van der Waals surface area contributed by atoms with Crippen LogP contribution in [0, 0.1) is 0 Å². The Hall–Kier alpha value is -1.22. The van der Waals surface area contributed by atoms with Gasteiger partial charge in [0.25, 0.3) is 0 Å². The van der Waals surface area contributed by atoms with Crippen molar-refractivity contribution >= 4 is 11.4 Å². The number of benzene rings is 1. The maximum Gasteiger partial charge on any atom is 0.0365 e. The van der Waals surface area contributed by atoms with E-state index in [9.17, 15) is 0 Å². The van der Waals surface area contributed by atoms with Gasteiger partial charge in [0.05, 0.1) is 0 Å². The molecule has 3 heteroatoms. The quantitative estimate of drug-likeness (QED) is 0.778. The van der Waals surface area contributed by atoms with Crippen LogP contribution in [0.5, 0.6) is 0 Å². The minimum Gasteiger partial charge on any atom is -0.378 e. The van der Waals surface area contributed by atoms with Gasteiger partial charge in [-0.05, 0) is 24.3 Å². The zero-order chi connectivity index (χ0) is 10.6. The zero-order valence-electron chi connectivity index (χ0n) is 9.20. The molecule has 1 aromatic rings. The summed E-state index contributed by atoms with van der Waals surface area (Å²) in [5, 5.41) is 0. The van der Waals surface area contributed by atoms with E-state index < -0.39 is 0 Å². The van der Waals surface area contributed by atoms with Crippen LogP contribution in [0.15, 0.2) is 24.3 Å². The fourth-order valence-electron chi connectivity index (χ4n) is 1.33. The zero-order valence-corrected chi connectivity index (χ0v) is 9.20. The molecule has 0 aliphatic heterocycles. The van der Waals surface area contributed by atoms with Gasteiger partial charge in [0.1, 0.15) is 0 Å². The van der Waals surface area contributed by atoms with Crippen molar-refractivity contribution in [1.29, 1.82) is 0 Å². The molecular weight excluding hydrogens is 174 g/mol. The van der Waals surface area contributed by atoms with Crippen LogP contribution in [-0.2, 0) is 0 Å². The maximum absolute atomic E-state index is 5.50. The van der Waals surface area contributed by atoms with Crippen LogP contribution in [0.25, 0.3) is 0 Å². The number of nitrogens with zero attached hydrogens (tertiary/aromatic N) is 2. The molecule has 0 unspecified atom stereocenters. The summed E-state index contributed by atoms with van der Waals surface area (Å²) in [7, 11) is 6.13. The molecule has 0 atom stereocenters. The van der Waals surface area contributed by atoms with Crippen LogP contribution < -0.4 is 15.5 Å². The van der Waals surface area contributed by atoms with E-state index in [1.807, 2.05) is 14.1 Å². The van der Waals surface area contributed by atoms with Gasteiger partial charge in [0, 0.05) is 45.6 Å². The normalized spacial score (nSPS) is 10.0. The first-order valence-corrected chi connectivity index (χ1v) is 4.83. The number of likely N-dealkylation sites (N-methyl/N-ethyl adjacent to an activating group) is 1. The van der Waals surface area contributed by atoms with Gasteiger partial charge in [-0.1, -0.05) is 0 Å². The van der Waals surface area contributed by atoms with E-state index in [2.05, 4.69) is 41.1 Å². The summed E-state index contributed by atoms with van der Waals surface area (Å²) in [4.78, 5) is 4.24. The molecule has 0 saturated carbocycles. The lowest BCUT2D eigenvalue weighted by Gasteiger charge is -2.19. The Morgan fingerprint density at radius 3 is 1.93 bits per heavy atom. The fourth-order valence-corrected chi connectivity index (χ4v) is 1.33. The molecule has 0 bridgehead atoms. The van der Waals surface area contributed by atoms with Crippen molar-refractivity contribution in [3.05, 3.63) is 24.3 Å². The highest BCUT2D eigenvalue weighted by Crippen LogP contribution is 2.17. The third-order valence-corrected chi connectivity index (χ3v) is 2.27. The molecule has 2 N–H and O–H groups in total. The molecule has 3 nitrogen and oxygen atoms in total. The highest BCUT2D eigenvalue weighted by atomic mass is 15.1. The Morgan fingerprint density at radius 1 is 1.00 bits per heavy atom. The summed E-state index contributed by atoms with van der Waals surface area (Å²) in [6.07, 6.45) is 0. The van der Waals surface area contributed by atoms with Gasteiger partial charge in [-0.25, -0.2) is 0 Å². The molecule has 0 spiro atoms. The molecule has 0 saturated heterocycles. The minimum atomic E-state index is 0.686. The van der Waals surface area contributed by atoms with E-state index in [4.69, 9.17) is 5.73 Å². The summed E-state index contributed by atoms with van der Waals surface area (Å²) in [5.41, 5.74) is 7.92. The van der Waals surface area contributed by atoms with Crippen molar-refractivity contribution in [3.63, 3.8) is 0 Å². The van der Waals surface area contributed by atoms with Gasteiger partial charge in [0.15, 0.2) is 0 Å². The van der Waals surface area contributed by atoms with Gasteiger partial charge >= 0.3 is 0 Å². The first kappa shape index (κ1) is 10.9. The maximum atomic E-state index is 5.50. The second-order valence-corrected chi connectivity index (χ2v) is 3.62. The van der Waals surface area contributed by atoms with Crippen LogP contribution in [-0.4, -0.2) is 34.2 Å². The number of anilines is 2. The predicted molar refractivity (Wildman–Crippen MR) is 63.1 cm³/mol. The van der Waals surface area contributed by atoms with Gasteiger partial charge in [-0.3, -0.25) is 0 Å². The highest BCUT2D eigenvalue weighted by Gasteiger charge is 1.99. The van der Waals surface area contributed by atoms with Crippen molar-refractivity contribution in [3.8, 4) is 0 Å². The summed E-state index contributed by atoms with van der Waals surface area (Å²) in [6.45, 7) is 1.58. The molecule has 0 fully saturated rings. The number of hydrogen-bond donors (Lipinski definition) is 1. The smallest absolute Gasteiger partial charge is 0.0365 e. The molecule has 0 aromatic heterocycles. The van der Waals surface area contributed by atoms with Crippen LogP contribution >= 0.6 is 0 Å². The molecule has 1 rings (SSSR count). The molecule has 0 heterocycles. The van der Waals surface area contributed by atoms with E-state index in [1.54, 1.807) is 0 Å². The van der Waals surface area contributed by atoms with E-state index in [0.29, 0.717) is 6.54 Å². The Bertz CT molecular complexity index is 266. The summed E-state index contributed by atoms with van der Waals surface area (Å²) in [5.74, 6) is 0. The monoisotopic (exact) mass is 193 g/mol. The van der Waals surface area contributed by atoms with E-state index in [-0.39, 0.29) is 0 Å². The van der Waals surface area contributed by atoms with Gasteiger partial charge in [-0.2, -0.15) is 0 Å². The Labute approximate surface area is 86.1 Å². The lowest BCUT2D eigenvalue weighted by molar-refractivity contribution is 0.885. The first-order valence-electron chi connectivity index (χ1n) is 4.83. The lowest BCUT2D eigenvalue weighted by atomic mass is 10.2. The highest BCUT2D eigenvalue weighted by molar-refractivity contribution is 5.55. The molecule has 0 aliphatic carbocycles. The lowest BCUT2D eigenvalue weighted by Crippen LogP contribution is -2.24. The Morgan fingerprint density at radius 2 is 1.50 bits per heavy atom. The van der Waals surface area contributed by atoms with Crippen LogP contribution in [0.1, 0.15) is 0 Å². The second kappa shape index (κ2) is 4.86. The molecule has 0 radical (unpaired) electrons. The summed E-state index contributed by atoms with van der Waals surface area (Å²) >= 11 is 0. The molecule has 0 amide bonds. The topological polar surface area (TPSA) is 32.5 Å². The third-order valence-electron chi connectivity index (χ3n) is 2.27. The average molecular weight is 193 g/mol. The third kappa shape index (κ3) is 2.64. The predicted octanol–water partition coefficient (Wildman–Crippen LogP) is 1.15. The first-order chi connectivity index (χ1) is 6.65. The standard InChI is InChI=1S/C11H19N3/c1-13(2)10-4-6-11(7-5-10)14(3)9-8-12/h4-7H,8-9,12H2,1-3H3. The summed E-state index contributed by atoms with van der Waals surface area (Å²) < 4.78 is 0. The van der Waals surface area contributed by atoms with E-state index >= 15 is 0 Å². The van der Waals surface area contributed by atoms with Crippen molar-refractivity contribution in [2.24, 2.45) is 5.73 Å². The average Bonchev–Trinajstić information content (AvgIpc) is 2.18. The van der Waals surface area contributed by atoms with Crippen LogP contribution in [0.4, 0.5) is 11.4 Å². The molecule has 0 aliphatic rings. The van der Waals surface area contributed by atoms with E-state index in [0.717, 1.165) is 6.54 Å². The SMILES string of the molecule is CN(C)c1ccc(N(C)CCN)cc1. The minimum absolute atomic E-state index is 0.686. The van der Waals surface area contributed by atoms with Crippen LogP contribution in [0.2, 0.25) is 0 Å². The Balaban J connectivity index is 2.72.